The molecule has 5 heteroatoms. The molecule has 100 valence electrons. The average molecular weight is 269 g/mol. The van der Waals surface area contributed by atoms with E-state index in [0.717, 1.165) is 32.1 Å². The smallest absolute Gasteiger partial charge is 0.244 e. The molecule has 0 saturated heterocycles. The molecule has 4 nitrogen and oxygen atoms in total. The van der Waals surface area contributed by atoms with E-state index in [2.05, 4.69) is 4.72 Å². The first-order chi connectivity index (χ1) is 8.43. The number of sulfonamides is 1. The van der Waals surface area contributed by atoms with Gasteiger partial charge in [-0.25, -0.2) is 13.1 Å². The summed E-state index contributed by atoms with van der Waals surface area (Å²) in [6.45, 7) is 1.93. The van der Waals surface area contributed by atoms with Gasteiger partial charge in [-0.15, -0.1) is 0 Å². The lowest BCUT2D eigenvalue weighted by molar-refractivity contribution is 0.293. The van der Waals surface area contributed by atoms with Gasteiger partial charge in [0.2, 0.25) is 10.0 Å². The van der Waals surface area contributed by atoms with Gasteiger partial charge in [-0.3, -0.25) is 0 Å². The summed E-state index contributed by atoms with van der Waals surface area (Å²) < 4.78 is 27.3. The summed E-state index contributed by atoms with van der Waals surface area (Å²) in [6.07, 6.45) is 4.94. The molecule has 0 radical (unpaired) electrons. The Labute approximate surface area is 108 Å². The van der Waals surface area contributed by atoms with E-state index in [9.17, 15) is 13.5 Å². The fourth-order valence-electron chi connectivity index (χ4n) is 2.50. The highest BCUT2D eigenvalue weighted by atomic mass is 32.2. The lowest BCUT2D eigenvalue weighted by Gasteiger charge is -2.34. The van der Waals surface area contributed by atoms with Gasteiger partial charge in [0.05, 0.1) is 0 Å². The van der Waals surface area contributed by atoms with Crippen molar-refractivity contribution in [2.24, 2.45) is 0 Å². The Morgan fingerprint density at radius 2 is 1.78 bits per heavy atom. The lowest BCUT2D eigenvalue weighted by Crippen LogP contribution is -2.47. The first-order valence-electron chi connectivity index (χ1n) is 6.25. The van der Waals surface area contributed by atoms with Gasteiger partial charge in [0.25, 0.3) is 0 Å². The van der Waals surface area contributed by atoms with Crippen molar-refractivity contribution in [3.63, 3.8) is 0 Å². The molecule has 18 heavy (non-hydrogen) atoms. The highest BCUT2D eigenvalue weighted by Gasteiger charge is 2.32. The van der Waals surface area contributed by atoms with Crippen molar-refractivity contribution < 1.29 is 13.5 Å². The maximum Gasteiger partial charge on any atom is 0.244 e. The fraction of sp³-hybridized carbons (Fsp3) is 0.538. The van der Waals surface area contributed by atoms with Crippen LogP contribution < -0.4 is 4.72 Å². The Kier molecular flexibility index (Phi) is 3.64. The summed E-state index contributed by atoms with van der Waals surface area (Å²) in [7, 11) is -3.65. The summed E-state index contributed by atoms with van der Waals surface area (Å²) in [5, 5.41) is 9.64. The minimum atomic E-state index is -3.65. The number of aromatic hydroxyl groups is 1. The number of hydrogen-bond donors (Lipinski definition) is 2. The molecule has 0 aromatic heterocycles. The van der Waals surface area contributed by atoms with Gasteiger partial charge in [-0.1, -0.05) is 31.4 Å². The van der Waals surface area contributed by atoms with Crippen LogP contribution in [0.2, 0.25) is 0 Å². The molecular formula is C13H19NO3S. The maximum atomic E-state index is 12.3. The van der Waals surface area contributed by atoms with Gasteiger partial charge in [-0.2, -0.15) is 0 Å². The zero-order chi connectivity index (χ0) is 13.2. The third kappa shape index (κ3) is 2.84. The summed E-state index contributed by atoms with van der Waals surface area (Å²) in [5.41, 5.74) is -0.390. The van der Waals surface area contributed by atoms with Crippen molar-refractivity contribution in [2.75, 3.05) is 0 Å². The molecule has 0 amide bonds. The SMILES string of the molecule is CC1(NS(=O)(=O)c2ccccc2O)CCCCC1. The van der Waals surface area contributed by atoms with Gasteiger partial charge in [-0.05, 0) is 31.9 Å². The third-order valence-corrected chi connectivity index (χ3v) is 5.18. The minimum absolute atomic E-state index is 0.0446. The number of benzene rings is 1. The summed E-state index contributed by atoms with van der Waals surface area (Å²) >= 11 is 0. The van der Waals surface area contributed by atoms with Crippen LogP contribution in [0.25, 0.3) is 0 Å². The van der Waals surface area contributed by atoms with Crippen LogP contribution >= 0.6 is 0 Å². The molecule has 0 atom stereocenters. The molecule has 0 bridgehead atoms. The molecule has 0 unspecified atom stereocenters. The second kappa shape index (κ2) is 4.90. The summed E-state index contributed by atoms with van der Waals surface area (Å²) in [6, 6.07) is 6.02. The quantitative estimate of drug-likeness (QED) is 0.885. The molecule has 0 spiro atoms. The molecule has 1 aliphatic rings. The van der Waals surface area contributed by atoms with Crippen molar-refractivity contribution in [2.45, 2.75) is 49.5 Å². The zero-order valence-electron chi connectivity index (χ0n) is 10.5. The number of phenols is 1. The van der Waals surface area contributed by atoms with Crippen LogP contribution in [0.4, 0.5) is 0 Å². The molecule has 2 N–H and O–H groups in total. The van der Waals surface area contributed by atoms with Gasteiger partial charge < -0.3 is 5.11 Å². The number of hydrogen-bond acceptors (Lipinski definition) is 3. The Balaban J connectivity index is 2.25. The Bertz CT molecular complexity index is 519. The monoisotopic (exact) mass is 269 g/mol. The minimum Gasteiger partial charge on any atom is -0.507 e. The normalized spacial score (nSPS) is 19.6. The van der Waals surface area contributed by atoms with Crippen molar-refractivity contribution in [1.82, 2.24) is 4.72 Å². The molecule has 1 fully saturated rings. The predicted molar refractivity (Wildman–Crippen MR) is 69.9 cm³/mol. The van der Waals surface area contributed by atoms with Crippen LogP contribution in [0.3, 0.4) is 0 Å². The van der Waals surface area contributed by atoms with E-state index in [4.69, 9.17) is 0 Å². The molecule has 1 aliphatic carbocycles. The van der Waals surface area contributed by atoms with Crippen LogP contribution in [0.1, 0.15) is 39.0 Å². The van der Waals surface area contributed by atoms with E-state index < -0.39 is 10.0 Å². The molecule has 0 heterocycles. The first-order valence-corrected chi connectivity index (χ1v) is 7.73. The summed E-state index contributed by atoms with van der Waals surface area (Å²) in [4.78, 5) is -0.0446. The molecule has 1 saturated carbocycles. The molecule has 0 aliphatic heterocycles. The van der Waals surface area contributed by atoms with E-state index in [-0.39, 0.29) is 16.2 Å². The van der Waals surface area contributed by atoms with Crippen molar-refractivity contribution in [1.29, 1.82) is 0 Å². The van der Waals surface area contributed by atoms with Crippen LogP contribution in [0.5, 0.6) is 5.75 Å². The molecular weight excluding hydrogens is 250 g/mol. The standard InChI is InChI=1S/C13H19NO3S/c1-13(9-5-2-6-10-13)14-18(16,17)12-8-4-3-7-11(12)15/h3-4,7-8,14-15H,2,5-6,9-10H2,1H3. The number of para-hydroxylation sites is 1. The van der Waals surface area contributed by atoms with Crippen molar-refractivity contribution in [3.8, 4) is 5.75 Å². The van der Waals surface area contributed by atoms with Crippen LogP contribution in [0.15, 0.2) is 29.2 Å². The van der Waals surface area contributed by atoms with Crippen molar-refractivity contribution in [3.05, 3.63) is 24.3 Å². The van der Waals surface area contributed by atoms with Crippen LogP contribution in [-0.2, 0) is 10.0 Å². The second-order valence-electron chi connectivity index (χ2n) is 5.19. The lowest BCUT2D eigenvalue weighted by atomic mass is 9.84. The number of phenolic OH excluding ortho intramolecular Hbond substituents is 1. The molecule has 1 aromatic carbocycles. The topological polar surface area (TPSA) is 66.4 Å². The van der Waals surface area contributed by atoms with E-state index in [1.54, 1.807) is 12.1 Å². The van der Waals surface area contributed by atoms with Gasteiger partial charge >= 0.3 is 0 Å². The number of rotatable bonds is 3. The highest BCUT2D eigenvalue weighted by molar-refractivity contribution is 7.89. The largest absolute Gasteiger partial charge is 0.507 e. The Hall–Kier alpha value is -1.07. The van der Waals surface area contributed by atoms with Gasteiger partial charge in [0, 0.05) is 5.54 Å². The van der Waals surface area contributed by atoms with E-state index >= 15 is 0 Å². The fourth-order valence-corrected chi connectivity index (χ4v) is 4.06. The second-order valence-corrected chi connectivity index (χ2v) is 6.85. The molecule has 2 rings (SSSR count). The third-order valence-electron chi connectivity index (χ3n) is 3.49. The van der Waals surface area contributed by atoms with Gasteiger partial charge in [0.15, 0.2) is 0 Å². The number of nitrogens with one attached hydrogen (secondary N) is 1. The average Bonchev–Trinajstić information content (AvgIpc) is 2.28. The predicted octanol–water partition coefficient (Wildman–Crippen LogP) is 2.39. The van der Waals surface area contributed by atoms with E-state index in [0.29, 0.717) is 0 Å². The van der Waals surface area contributed by atoms with Gasteiger partial charge in [0.1, 0.15) is 10.6 Å². The van der Waals surface area contributed by atoms with Crippen LogP contribution in [-0.4, -0.2) is 19.1 Å². The Morgan fingerprint density at radius 1 is 1.17 bits per heavy atom. The van der Waals surface area contributed by atoms with Crippen molar-refractivity contribution >= 4 is 10.0 Å². The zero-order valence-corrected chi connectivity index (χ0v) is 11.3. The maximum absolute atomic E-state index is 12.3. The Morgan fingerprint density at radius 3 is 2.39 bits per heavy atom. The van der Waals surface area contributed by atoms with E-state index in [1.807, 2.05) is 6.92 Å². The van der Waals surface area contributed by atoms with E-state index in [1.165, 1.54) is 12.1 Å². The first kappa shape index (κ1) is 13.4. The molecule has 1 aromatic rings. The highest BCUT2D eigenvalue weighted by Crippen LogP contribution is 2.30. The summed E-state index contributed by atoms with van der Waals surface area (Å²) in [5.74, 6) is -0.204. The van der Waals surface area contributed by atoms with Crippen LogP contribution in [0, 0.1) is 0 Å².